The van der Waals surface area contributed by atoms with Crippen LogP contribution in [0.4, 0.5) is 5.69 Å². The van der Waals surface area contributed by atoms with E-state index >= 15 is 0 Å². The molecule has 2 aromatic rings. The molecule has 0 fully saturated rings. The van der Waals surface area contributed by atoms with Crippen molar-refractivity contribution in [2.75, 3.05) is 4.90 Å². The van der Waals surface area contributed by atoms with Crippen molar-refractivity contribution >= 4 is 35.2 Å². The number of carbonyl (C=O) groups is 2. The van der Waals surface area contributed by atoms with Gasteiger partial charge in [-0.1, -0.05) is 23.8 Å². The Hall–Kier alpha value is -2.66. The Morgan fingerprint density at radius 3 is 2.67 bits per heavy atom. The summed E-state index contributed by atoms with van der Waals surface area (Å²) in [5, 5.41) is 9.91. The number of nitrogens with zero attached hydrogens (tertiary/aromatic N) is 2. The van der Waals surface area contributed by atoms with Crippen LogP contribution >= 0.6 is 11.6 Å². The Bertz CT molecular complexity index is 874. The summed E-state index contributed by atoms with van der Waals surface area (Å²) in [6.45, 7) is 3.77. The molecule has 5 nitrogen and oxygen atoms in total. The monoisotopic (exact) mass is 342 g/mol. The summed E-state index contributed by atoms with van der Waals surface area (Å²) in [4.78, 5) is 30.1. The normalized spacial score (nSPS) is 15.0. The average Bonchev–Trinajstić information content (AvgIpc) is 2.54. The molecule has 0 aliphatic carbocycles. The van der Waals surface area contributed by atoms with Crippen molar-refractivity contribution in [2.24, 2.45) is 0 Å². The van der Waals surface area contributed by atoms with E-state index in [0.29, 0.717) is 10.7 Å². The van der Waals surface area contributed by atoms with Gasteiger partial charge in [0, 0.05) is 17.4 Å². The van der Waals surface area contributed by atoms with Crippen LogP contribution in [0, 0.1) is 0 Å². The van der Waals surface area contributed by atoms with E-state index in [4.69, 9.17) is 11.6 Å². The zero-order chi connectivity index (χ0) is 17.5. The highest BCUT2D eigenvalue weighted by molar-refractivity contribution is 6.31. The standard InChI is InChI=1S/C18H15ClN2O3/c1-18(2)7-5-11-9-12(19)3-4-15(11)21(18)16(22)14-10-20-8-6-13(14)17(23)24/h3-10H,1-2H3,(H,23,24). The lowest BCUT2D eigenvalue weighted by Crippen LogP contribution is -2.48. The summed E-state index contributed by atoms with van der Waals surface area (Å²) in [6, 6.07) is 6.56. The van der Waals surface area contributed by atoms with Crippen LogP contribution in [-0.2, 0) is 0 Å². The van der Waals surface area contributed by atoms with Gasteiger partial charge in [-0.15, -0.1) is 0 Å². The second-order valence-electron chi connectivity index (χ2n) is 6.06. The maximum atomic E-state index is 13.1. The van der Waals surface area contributed by atoms with Gasteiger partial charge in [0.1, 0.15) is 0 Å². The lowest BCUT2D eigenvalue weighted by Gasteiger charge is -2.40. The Morgan fingerprint density at radius 2 is 1.96 bits per heavy atom. The van der Waals surface area contributed by atoms with E-state index < -0.39 is 17.4 Å². The SMILES string of the molecule is CC1(C)C=Cc2cc(Cl)ccc2N1C(=O)c1cnccc1C(=O)O. The maximum Gasteiger partial charge on any atom is 0.336 e. The number of rotatable bonds is 2. The molecule has 0 saturated carbocycles. The highest BCUT2D eigenvalue weighted by Crippen LogP contribution is 2.37. The molecule has 0 saturated heterocycles. The average molecular weight is 343 g/mol. The van der Waals surface area contributed by atoms with E-state index in [1.54, 1.807) is 23.1 Å². The van der Waals surface area contributed by atoms with E-state index in [-0.39, 0.29) is 11.1 Å². The van der Waals surface area contributed by atoms with Crippen molar-refractivity contribution in [1.29, 1.82) is 0 Å². The molecule has 1 aliphatic heterocycles. The predicted octanol–water partition coefficient (Wildman–Crippen LogP) is 3.89. The first-order valence-electron chi connectivity index (χ1n) is 7.32. The third-order valence-corrected chi connectivity index (χ3v) is 4.20. The van der Waals surface area contributed by atoms with Crippen LogP contribution in [0.15, 0.2) is 42.7 Å². The van der Waals surface area contributed by atoms with Crippen molar-refractivity contribution in [3.05, 3.63) is 64.4 Å². The Labute approximate surface area is 144 Å². The number of halogens is 1. The summed E-state index contributed by atoms with van der Waals surface area (Å²) >= 11 is 6.03. The van der Waals surface area contributed by atoms with Gasteiger partial charge in [-0.2, -0.15) is 0 Å². The lowest BCUT2D eigenvalue weighted by atomic mass is 9.92. The molecule has 3 rings (SSSR count). The van der Waals surface area contributed by atoms with E-state index in [2.05, 4.69) is 4.98 Å². The number of aromatic nitrogens is 1. The van der Waals surface area contributed by atoms with Gasteiger partial charge in [0.25, 0.3) is 5.91 Å². The van der Waals surface area contributed by atoms with Gasteiger partial charge < -0.3 is 5.11 Å². The summed E-state index contributed by atoms with van der Waals surface area (Å²) in [6.07, 6.45) is 6.44. The molecule has 0 radical (unpaired) electrons. The van der Waals surface area contributed by atoms with Crippen LogP contribution in [0.5, 0.6) is 0 Å². The van der Waals surface area contributed by atoms with Crippen molar-refractivity contribution in [3.63, 3.8) is 0 Å². The fourth-order valence-electron chi connectivity index (χ4n) is 2.78. The van der Waals surface area contributed by atoms with Crippen molar-refractivity contribution in [1.82, 2.24) is 4.98 Å². The van der Waals surface area contributed by atoms with Crippen molar-refractivity contribution < 1.29 is 14.7 Å². The first-order valence-corrected chi connectivity index (χ1v) is 7.70. The van der Waals surface area contributed by atoms with Crippen molar-refractivity contribution in [2.45, 2.75) is 19.4 Å². The second kappa shape index (κ2) is 5.76. The summed E-state index contributed by atoms with van der Waals surface area (Å²) in [7, 11) is 0. The van der Waals surface area contributed by atoms with Gasteiger partial charge in [0.05, 0.1) is 22.4 Å². The molecular formula is C18H15ClN2O3. The molecule has 2 heterocycles. The Kier molecular flexibility index (Phi) is 3.89. The molecule has 1 aromatic carbocycles. The number of anilines is 1. The van der Waals surface area contributed by atoms with E-state index in [1.807, 2.05) is 26.0 Å². The number of fused-ring (bicyclic) bond motifs is 1. The Morgan fingerprint density at radius 1 is 1.21 bits per heavy atom. The number of pyridine rings is 1. The number of benzene rings is 1. The molecular weight excluding hydrogens is 328 g/mol. The van der Waals surface area contributed by atoms with Gasteiger partial charge in [-0.3, -0.25) is 14.7 Å². The predicted molar refractivity (Wildman–Crippen MR) is 92.6 cm³/mol. The fourth-order valence-corrected chi connectivity index (χ4v) is 2.96. The smallest absolute Gasteiger partial charge is 0.336 e. The second-order valence-corrected chi connectivity index (χ2v) is 6.49. The third kappa shape index (κ3) is 2.67. The molecule has 1 amide bonds. The zero-order valence-electron chi connectivity index (χ0n) is 13.2. The first-order chi connectivity index (χ1) is 11.3. The summed E-state index contributed by atoms with van der Waals surface area (Å²) in [5.74, 6) is -1.58. The molecule has 1 aliphatic rings. The quantitative estimate of drug-likeness (QED) is 0.899. The van der Waals surface area contributed by atoms with Crippen LogP contribution in [0.3, 0.4) is 0 Å². The molecule has 122 valence electrons. The summed E-state index contributed by atoms with van der Waals surface area (Å²) < 4.78 is 0. The topological polar surface area (TPSA) is 70.5 Å². The number of carbonyl (C=O) groups excluding carboxylic acids is 1. The van der Waals surface area contributed by atoms with Gasteiger partial charge in [0.15, 0.2) is 0 Å². The number of hydrogen-bond donors (Lipinski definition) is 1. The largest absolute Gasteiger partial charge is 0.478 e. The van der Waals surface area contributed by atoms with Gasteiger partial charge in [0.2, 0.25) is 0 Å². The number of amides is 1. The molecule has 24 heavy (non-hydrogen) atoms. The minimum absolute atomic E-state index is 0.0503. The first kappa shape index (κ1) is 16.2. The van der Waals surface area contributed by atoms with Gasteiger partial charge in [-0.25, -0.2) is 4.79 Å². The van der Waals surface area contributed by atoms with Crippen LogP contribution in [0.25, 0.3) is 6.08 Å². The number of carboxylic acid groups (broad SMARTS) is 1. The van der Waals surface area contributed by atoms with Crippen LogP contribution in [-0.4, -0.2) is 27.5 Å². The molecule has 0 spiro atoms. The van der Waals surface area contributed by atoms with E-state index in [1.165, 1.54) is 18.5 Å². The molecule has 0 bridgehead atoms. The third-order valence-electron chi connectivity index (χ3n) is 3.96. The minimum atomic E-state index is -1.16. The van der Waals surface area contributed by atoms with E-state index in [0.717, 1.165) is 5.56 Å². The fraction of sp³-hybridized carbons (Fsp3) is 0.167. The van der Waals surface area contributed by atoms with Crippen molar-refractivity contribution in [3.8, 4) is 0 Å². The number of hydrogen-bond acceptors (Lipinski definition) is 3. The molecule has 0 atom stereocenters. The van der Waals surface area contributed by atoms with Crippen LogP contribution in [0.1, 0.15) is 40.1 Å². The zero-order valence-corrected chi connectivity index (χ0v) is 13.9. The minimum Gasteiger partial charge on any atom is -0.478 e. The maximum absolute atomic E-state index is 13.1. The van der Waals surface area contributed by atoms with Gasteiger partial charge in [-0.05, 0) is 43.7 Å². The highest BCUT2D eigenvalue weighted by atomic mass is 35.5. The van der Waals surface area contributed by atoms with E-state index in [9.17, 15) is 14.7 Å². The highest BCUT2D eigenvalue weighted by Gasteiger charge is 2.36. The number of carboxylic acids is 1. The van der Waals surface area contributed by atoms with Crippen LogP contribution < -0.4 is 4.90 Å². The van der Waals surface area contributed by atoms with Crippen LogP contribution in [0.2, 0.25) is 5.02 Å². The molecule has 1 N–H and O–H groups in total. The lowest BCUT2D eigenvalue weighted by molar-refractivity contribution is 0.0691. The molecule has 0 unspecified atom stereocenters. The summed E-state index contributed by atoms with van der Waals surface area (Å²) in [5.41, 5.74) is 0.835. The molecule has 6 heteroatoms. The van der Waals surface area contributed by atoms with Gasteiger partial charge >= 0.3 is 5.97 Å². The molecule has 1 aromatic heterocycles. The number of aromatic carboxylic acids is 1. The Balaban J connectivity index is 2.16.